The van der Waals surface area contributed by atoms with Gasteiger partial charge < -0.3 is 9.15 Å². The van der Waals surface area contributed by atoms with E-state index in [0.29, 0.717) is 17.1 Å². The van der Waals surface area contributed by atoms with Gasteiger partial charge >= 0.3 is 5.63 Å². The summed E-state index contributed by atoms with van der Waals surface area (Å²) in [5.74, 6) is 0.776. The number of ketones is 1. The largest absolute Gasteiger partial charge is 0.496 e. The summed E-state index contributed by atoms with van der Waals surface area (Å²) in [4.78, 5) is 22.8. The quantitative estimate of drug-likeness (QED) is 0.824. The third-order valence-electron chi connectivity index (χ3n) is 2.89. The zero-order valence-electron chi connectivity index (χ0n) is 11.4. The Bertz CT molecular complexity index is 537. The first-order valence-electron chi connectivity index (χ1n) is 5.74. The Morgan fingerprint density at radius 1 is 1.44 bits per heavy atom. The van der Waals surface area contributed by atoms with E-state index in [4.69, 9.17) is 9.15 Å². The van der Waals surface area contributed by atoms with Crippen molar-refractivity contribution in [2.45, 2.75) is 27.7 Å². The summed E-state index contributed by atoms with van der Waals surface area (Å²) in [6.45, 7) is 6.77. The molecule has 0 aromatic carbocycles. The summed E-state index contributed by atoms with van der Waals surface area (Å²) in [7, 11) is 1.50. The molecule has 0 N–H and O–H groups in total. The highest BCUT2D eigenvalue weighted by Gasteiger charge is 2.11. The normalized spacial score (nSPS) is 13.3. The predicted molar refractivity (Wildman–Crippen MR) is 69.8 cm³/mol. The number of allylic oxidation sites excluding steroid dienone is 2. The van der Waals surface area contributed by atoms with Crippen LogP contribution in [0.3, 0.4) is 0 Å². The van der Waals surface area contributed by atoms with Crippen molar-refractivity contribution in [3.8, 4) is 5.75 Å². The molecule has 0 aliphatic rings. The van der Waals surface area contributed by atoms with E-state index in [9.17, 15) is 9.59 Å². The molecule has 1 heterocycles. The summed E-state index contributed by atoms with van der Waals surface area (Å²) in [6.07, 6.45) is 1.77. The molecule has 1 rings (SSSR count). The molecule has 0 spiro atoms. The van der Waals surface area contributed by atoms with Crippen molar-refractivity contribution in [1.82, 2.24) is 0 Å². The van der Waals surface area contributed by atoms with Gasteiger partial charge in [-0.3, -0.25) is 4.79 Å². The number of Topliss-reactive ketones (excluding diaryl/α,β-unsaturated/α-hetero) is 1. The van der Waals surface area contributed by atoms with Crippen LogP contribution in [0, 0.1) is 12.8 Å². The Morgan fingerprint density at radius 2 is 2.06 bits per heavy atom. The minimum atomic E-state index is -0.424. The monoisotopic (exact) mass is 250 g/mol. The minimum absolute atomic E-state index is 0.0655. The Labute approximate surface area is 106 Å². The van der Waals surface area contributed by atoms with Crippen molar-refractivity contribution in [3.63, 3.8) is 0 Å². The van der Waals surface area contributed by atoms with E-state index in [1.807, 2.05) is 0 Å². The fraction of sp³-hybridized carbons (Fsp3) is 0.429. The van der Waals surface area contributed by atoms with Crippen LogP contribution in [0.1, 0.15) is 32.1 Å². The van der Waals surface area contributed by atoms with Gasteiger partial charge in [0, 0.05) is 12.0 Å². The van der Waals surface area contributed by atoms with E-state index in [2.05, 4.69) is 0 Å². The Kier molecular flexibility index (Phi) is 4.48. The molecule has 4 nitrogen and oxygen atoms in total. The molecule has 1 aromatic rings. The second-order valence-corrected chi connectivity index (χ2v) is 4.34. The average molecular weight is 250 g/mol. The molecular weight excluding hydrogens is 232 g/mol. The van der Waals surface area contributed by atoms with Crippen molar-refractivity contribution >= 4 is 11.4 Å². The molecule has 0 aliphatic carbocycles. The number of hydrogen-bond acceptors (Lipinski definition) is 4. The second kappa shape index (κ2) is 5.67. The van der Waals surface area contributed by atoms with Gasteiger partial charge in [-0.2, -0.15) is 0 Å². The Hall–Kier alpha value is -1.84. The molecule has 0 aliphatic heterocycles. The third kappa shape index (κ3) is 3.09. The maximum atomic E-state index is 11.6. The number of methoxy groups -OCH3 is 1. The fourth-order valence-corrected chi connectivity index (χ4v) is 1.51. The van der Waals surface area contributed by atoms with Crippen LogP contribution in [-0.2, 0) is 4.79 Å². The summed E-state index contributed by atoms with van der Waals surface area (Å²) < 4.78 is 10.3. The first-order chi connectivity index (χ1) is 8.36. The lowest BCUT2D eigenvalue weighted by atomic mass is 10.0. The lowest BCUT2D eigenvalue weighted by Crippen LogP contribution is -2.08. The number of carbonyl (C=O) groups excluding carboxylic acids is 1. The van der Waals surface area contributed by atoms with Crippen LogP contribution in [0.5, 0.6) is 5.75 Å². The van der Waals surface area contributed by atoms with E-state index >= 15 is 0 Å². The van der Waals surface area contributed by atoms with Crippen LogP contribution in [0.15, 0.2) is 21.4 Å². The van der Waals surface area contributed by atoms with Crippen LogP contribution < -0.4 is 10.4 Å². The standard InChI is InChI=1S/C14H18O4/c1-8(11(4)15)6-9(2)12-7-13(17-5)10(3)14(16)18-12/h6-8H,1-5H3/b9-6+/t8-/m1/s1. The molecular formula is C14H18O4. The molecule has 0 radical (unpaired) electrons. The second-order valence-electron chi connectivity index (χ2n) is 4.34. The molecule has 4 heteroatoms. The molecule has 0 amide bonds. The highest BCUT2D eigenvalue weighted by Crippen LogP contribution is 2.22. The SMILES string of the molecule is COc1cc(/C(C)=C/[C@@H](C)C(C)=O)oc(=O)c1C. The van der Waals surface area contributed by atoms with Gasteiger partial charge in [-0.25, -0.2) is 4.79 Å². The molecule has 0 unspecified atom stereocenters. The number of carbonyl (C=O) groups is 1. The van der Waals surface area contributed by atoms with Crippen molar-refractivity contribution in [2.75, 3.05) is 7.11 Å². The van der Waals surface area contributed by atoms with Crippen molar-refractivity contribution in [1.29, 1.82) is 0 Å². The first-order valence-corrected chi connectivity index (χ1v) is 5.74. The molecule has 98 valence electrons. The van der Waals surface area contributed by atoms with Gasteiger partial charge in [-0.1, -0.05) is 13.0 Å². The molecule has 1 aromatic heterocycles. The van der Waals surface area contributed by atoms with Gasteiger partial charge in [-0.15, -0.1) is 0 Å². The van der Waals surface area contributed by atoms with Crippen LogP contribution in [0.2, 0.25) is 0 Å². The van der Waals surface area contributed by atoms with Crippen molar-refractivity contribution < 1.29 is 13.9 Å². The molecule has 0 bridgehead atoms. The Balaban J connectivity index is 3.22. The zero-order valence-corrected chi connectivity index (χ0v) is 11.4. The lowest BCUT2D eigenvalue weighted by Gasteiger charge is -2.07. The van der Waals surface area contributed by atoms with Crippen LogP contribution in [-0.4, -0.2) is 12.9 Å². The minimum Gasteiger partial charge on any atom is -0.496 e. The zero-order chi connectivity index (χ0) is 13.9. The van der Waals surface area contributed by atoms with Gasteiger partial charge in [0.1, 0.15) is 17.3 Å². The van der Waals surface area contributed by atoms with Crippen molar-refractivity contribution in [3.05, 3.63) is 33.9 Å². The topological polar surface area (TPSA) is 56.5 Å². The van der Waals surface area contributed by atoms with E-state index in [1.165, 1.54) is 14.0 Å². The van der Waals surface area contributed by atoms with Gasteiger partial charge in [0.25, 0.3) is 0 Å². The third-order valence-corrected chi connectivity index (χ3v) is 2.89. The Morgan fingerprint density at radius 3 is 2.56 bits per heavy atom. The maximum Gasteiger partial charge on any atom is 0.342 e. The van der Waals surface area contributed by atoms with Crippen molar-refractivity contribution in [2.24, 2.45) is 5.92 Å². The van der Waals surface area contributed by atoms with Crippen LogP contribution in [0.4, 0.5) is 0 Å². The van der Waals surface area contributed by atoms with Gasteiger partial charge in [0.05, 0.1) is 12.7 Å². The smallest absolute Gasteiger partial charge is 0.342 e. The summed E-state index contributed by atoms with van der Waals surface area (Å²) in [6, 6.07) is 1.66. The molecule has 0 saturated heterocycles. The van der Waals surface area contributed by atoms with Gasteiger partial charge in [-0.05, 0) is 26.3 Å². The van der Waals surface area contributed by atoms with Gasteiger partial charge in [0.2, 0.25) is 0 Å². The first kappa shape index (κ1) is 14.2. The highest BCUT2D eigenvalue weighted by molar-refractivity contribution is 5.81. The number of ether oxygens (including phenoxy) is 1. The number of rotatable bonds is 4. The maximum absolute atomic E-state index is 11.6. The summed E-state index contributed by atoms with van der Waals surface area (Å²) >= 11 is 0. The van der Waals surface area contributed by atoms with E-state index in [1.54, 1.807) is 32.9 Å². The molecule has 0 saturated carbocycles. The van der Waals surface area contributed by atoms with Gasteiger partial charge in [0.15, 0.2) is 0 Å². The molecule has 1 atom stereocenters. The average Bonchev–Trinajstić information content (AvgIpc) is 2.32. The highest BCUT2D eigenvalue weighted by atomic mass is 16.5. The number of hydrogen-bond donors (Lipinski definition) is 0. The van der Waals surface area contributed by atoms with Crippen LogP contribution >= 0.6 is 0 Å². The molecule has 0 fully saturated rings. The van der Waals surface area contributed by atoms with E-state index in [-0.39, 0.29) is 11.7 Å². The fourth-order valence-electron chi connectivity index (χ4n) is 1.51. The van der Waals surface area contributed by atoms with Crippen LogP contribution in [0.25, 0.3) is 5.57 Å². The lowest BCUT2D eigenvalue weighted by molar-refractivity contribution is -0.118. The van der Waals surface area contributed by atoms with E-state index in [0.717, 1.165) is 5.57 Å². The summed E-state index contributed by atoms with van der Waals surface area (Å²) in [5, 5.41) is 0. The summed E-state index contributed by atoms with van der Waals surface area (Å²) in [5.41, 5.74) is 0.759. The molecule has 18 heavy (non-hydrogen) atoms. The van der Waals surface area contributed by atoms with E-state index < -0.39 is 5.63 Å². The predicted octanol–water partition coefficient (Wildman–Crippen LogP) is 2.59.